The second-order valence-electron chi connectivity index (χ2n) is 14.5. The van der Waals surface area contributed by atoms with E-state index in [4.69, 9.17) is 0 Å². The smallest absolute Gasteiger partial charge is 0.172 e. The molecule has 0 saturated carbocycles. The Balaban J connectivity index is 2.32. The van der Waals surface area contributed by atoms with Crippen LogP contribution in [0.5, 0.6) is 0 Å². The lowest BCUT2D eigenvalue weighted by molar-refractivity contribution is -0.697. The molecule has 0 aliphatic heterocycles. The van der Waals surface area contributed by atoms with Gasteiger partial charge in [-0.3, -0.25) is 0 Å². The molecule has 1 rings (SSSR count). The van der Waals surface area contributed by atoms with Gasteiger partial charge < -0.3 is 0 Å². The van der Waals surface area contributed by atoms with Crippen molar-refractivity contribution < 1.29 is 4.57 Å². The fraction of sp³-hybridized carbons (Fsp3) is 0.884. The van der Waals surface area contributed by atoms with E-state index in [0.717, 1.165) is 0 Å². The van der Waals surface area contributed by atoms with Gasteiger partial charge in [0.25, 0.3) is 0 Å². The van der Waals surface area contributed by atoms with Crippen LogP contribution in [0.4, 0.5) is 0 Å². The van der Waals surface area contributed by atoms with Crippen molar-refractivity contribution in [2.45, 2.75) is 246 Å². The van der Waals surface area contributed by atoms with Crippen LogP contribution < -0.4 is 4.57 Å². The molecule has 44 heavy (non-hydrogen) atoms. The Labute approximate surface area is 279 Å². The molecule has 0 spiro atoms. The van der Waals surface area contributed by atoms with Crippen LogP contribution in [-0.4, -0.2) is 0 Å². The van der Waals surface area contributed by atoms with Gasteiger partial charge in [-0.2, -0.15) is 0 Å². The Morgan fingerprint density at radius 1 is 0.341 bits per heavy atom. The Bertz CT molecular complexity index is 694. The summed E-state index contributed by atoms with van der Waals surface area (Å²) in [6.07, 6.45) is 53.3. The lowest BCUT2D eigenvalue weighted by Gasteiger charge is -2.10. The van der Waals surface area contributed by atoms with Crippen LogP contribution in [0.3, 0.4) is 0 Å². The minimum atomic E-state index is 1.21. The van der Waals surface area contributed by atoms with Gasteiger partial charge in [0.05, 0.1) is 0 Å². The largest absolute Gasteiger partial charge is 0.205 e. The molecule has 0 unspecified atom stereocenters. The molecule has 1 heterocycles. The number of hydrogen-bond acceptors (Lipinski definition) is 0. The van der Waals surface area contributed by atoms with Gasteiger partial charge in [0.1, 0.15) is 6.54 Å². The van der Waals surface area contributed by atoms with E-state index in [1.54, 1.807) is 11.1 Å². The normalized spacial score (nSPS) is 11.5. The number of hydrogen-bond donors (Lipinski definition) is 0. The van der Waals surface area contributed by atoms with Gasteiger partial charge in [0.2, 0.25) is 0 Å². The third-order valence-corrected chi connectivity index (χ3v) is 10.1. The predicted molar refractivity (Wildman–Crippen MR) is 199 cm³/mol. The molecule has 0 N–H and O–H groups in total. The van der Waals surface area contributed by atoms with Gasteiger partial charge in [0.15, 0.2) is 12.4 Å². The minimum absolute atomic E-state index is 1.21. The van der Waals surface area contributed by atoms with Crippen LogP contribution in [-0.2, 0) is 19.4 Å². The number of pyridine rings is 1. The zero-order valence-electron chi connectivity index (χ0n) is 30.9. The number of nitrogens with zero attached hydrogens (tertiary/aromatic N) is 1. The molecule has 0 amide bonds. The zero-order valence-corrected chi connectivity index (χ0v) is 30.9. The maximum atomic E-state index is 2.55. The van der Waals surface area contributed by atoms with Gasteiger partial charge in [-0.1, -0.05) is 201 Å². The van der Waals surface area contributed by atoms with Crippen molar-refractivity contribution >= 4 is 0 Å². The first-order valence-corrected chi connectivity index (χ1v) is 20.8. The highest BCUT2D eigenvalue weighted by Gasteiger charge is 2.10. The first kappa shape index (κ1) is 41.2. The SMILES string of the molecule is CCCCCCCCCCCCCCc1cc[n+](CCCCCCCCCC)cc1CCCCCCCCCCCCCC. The van der Waals surface area contributed by atoms with E-state index in [1.165, 1.54) is 225 Å². The van der Waals surface area contributed by atoms with Crippen molar-refractivity contribution in [1.82, 2.24) is 0 Å². The van der Waals surface area contributed by atoms with Gasteiger partial charge in [0, 0.05) is 18.1 Å². The third kappa shape index (κ3) is 26.4. The van der Waals surface area contributed by atoms with E-state index in [0.29, 0.717) is 0 Å². The van der Waals surface area contributed by atoms with Crippen LogP contribution in [0, 0.1) is 0 Å². The summed E-state index contributed by atoms with van der Waals surface area (Å²) < 4.78 is 2.53. The quantitative estimate of drug-likeness (QED) is 0.0530. The lowest BCUT2D eigenvalue weighted by atomic mass is 9.97. The predicted octanol–water partition coefficient (Wildman–Crippen LogP) is 14.6. The van der Waals surface area contributed by atoms with E-state index in [-0.39, 0.29) is 0 Å². The zero-order chi connectivity index (χ0) is 31.6. The Kier molecular flexibility index (Phi) is 31.4. The van der Waals surface area contributed by atoms with Gasteiger partial charge in [-0.05, 0) is 37.7 Å². The van der Waals surface area contributed by atoms with Crippen LogP contribution in [0.2, 0.25) is 0 Å². The Hall–Kier alpha value is -0.850. The number of rotatable bonds is 35. The highest BCUT2D eigenvalue weighted by molar-refractivity contribution is 5.21. The highest BCUT2D eigenvalue weighted by atomic mass is 14.9. The fourth-order valence-electron chi connectivity index (χ4n) is 6.97. The average molecular weight is 613 g/mol. The second kappa shape index (κ2) is 33.5. The Morgan fingerprint density at radius 2 is 0.636 bits per heavy atom. The summed E-state index contributed by atoms with van der Waals surface area (Å²) in [6.45, 7) is 8.15. The molecule has 1 aromatic heterocycles. The summed E-state index contributed by atoms with van der Waals surface area (Å²) in [4.78, 5) is 0. The van der Waals surface area contributed by atoms with Gasteiger partial charge >= 0.3 is 0 Å². The molecule has 258 valence electrons. The van der Waals surface area contributed by atoms with Crippen LogP contribution in [0.25, 0.3) is 0 Å². The summed E-state index contributed by atoms with van der Waals surface area (Å²) in [7, 11) is 0. The minimum Gasteiger partial charge on any atom is -0.205 e. The molecule has 1 nitrogen and oxygen atoms in total. The summed E-state index contributed by atoms with van der Waals surface area (Å²) in [5.74, 6) is 0. The topological polar surface area (TPSA) is 3.88 Å². The summed E-state index contributed by atoms with van der Waals surface area (Å²) in [5, 5.41) is 0. The molecule has 0 aliphatic rings. The first-order valence-electron chi connectivity index (χ1n) is 20.8. The maximum Gasteiger partial charge on any atom is 0.172 e. The summed E-state index contributed by atoms with van der Waals surface area (Å²) in [6, 6.07) is 2.50. The van der Waals surface area contributed by atoms with Gasteiger partial charge in [-0.15, -0.1) is 0 Å². The molecule has 0 atom stereocenters. The lowest BCUT2D eigenvalue weighted by Crippen LogP contribution is -2.34. The standard InChI is InChI=1S/C43H82N/c1-4-7-10-13-16-19-21-23-25-27-30-33-36-42-38-40-44(39-35-32-29-18-15-12-9-6-3)41-43(42)37-34-31-28-26-24-22-20-17-14-11-8-5-2/h38,40-41H,4-37,39H2,1-3H3/q+1. The summed E-state index contributed by atoms with van der Waals surface area (Å²) in [5.41, 5.74) is 3.33. The van der Waals surface area contributed by atoms with E-state index in [9.17, 15) is 0 Å². The molecule has 1 aromatic rings. The Morgan fingerprint density at radius 3 is 1.00 bits per heavy atom. The van der Waals surface area contributed by atoms with Crippen LogP contribution in [0.15, 0.2) is 18.5 Å². The highest BCUT2D eigenvalue weighted by Crippen LogP contribution is 2.18. The third-order valence-electron chi connectivity index (χ3n) is 10.1. The van der Waals surface area contributed by atoms with Crippen molar-refractivity contribution in [3.63, 3.8) is 0 Å². The first-order chi connectivity index (χ1) is 21.8. The van der Waals surface area contributed by atoms with E-state index in [1.807, 2.05) is 0 Å². The molecule has 0 saturated heterocycles. The molecule has 0 aliphatic carbocycles. The van der Waals surface area contributed by atoms with Gasteiger partial charge in [-0.25, -0.2) is 4.57 Å². The molecular formula is C43H82N+. The van der Waals surface area contributed by atoms with Crippen molar-refractivity contribution in [1.29, 1.82) is 0 Å². The molecule has 0 radical (unpaired) electrons. The van der Waals surface area contributed by atoms with Crippen molar-refractivity contribution in [2.24, 2.45) is 0 Å². The molecular weight excluding hydrogens is 530 g/mol. The van der Waals surface area contributed by atoms with Crippen molar-refractivity contribution in [3.05, 3.63) is 29.6 Å². The molecule has 0 aromatic carbocycles. The number of aryl methyl sites for hydroxylation is 3. The average Bonchev–Trinajstić information content (AvgIpc) is 3.04. The van der Waals surface area contributed by atoms with Crippen LogP contribution in [0.1, 0.15) is 237 Å². The second-order valence-corrected chi connectivity index (χ2v) is 14.5. The molecule has 0 fully saturated rings. The van der Waals surface area contributed by atoms with E-state index >= 15 is 0 Å². The maximum absolute atomic E-state index is 2.55. The molecule has 1 heteroatoms. The number of unbranched alkanes of at least 4 members (excludes halogenated alkanes) is 29. The van der Waals surface area contributed by atoms with E-state index < -0.39 is 0 Å². The molecule has 0 bridgehead atoms. The van der Waals surface area contributed by atoms with Crippen molar-refractivity contribution in [3.8, 4) is 0 Å². The fourth-order valence-corrected chi connectivity index (χ4v) is 6.97. The van der Waals surface area contributed by atoms with E-state index in [2.05, 4.69) is 43.8 Å². The van der Waals surface area contributed by atoms with Crippen molar-refractivity contribution in [2.75, 3.05) is 0 Å². The number of aromatic nitrogens is 1. The summed E-state index contributed by atoms with van der Waals surface area (Å²) >= 11 is 0. The van der Waals surface area contributed by atoms with Crippen LogP contribution >= 0.6 is 0 Å². The monoisotopic (exact) mass is 613 g/mol.